The van der Waals surface area contributed by atoms with Crippen LogP contribution in [0.1, 0.15) is 0 Å². The quantitative estimate of drug-likeness (QED) is 0.145. The summed E-state index contributed by atoms with van der Waals surface area (Å²) in [6.45, 7) is 0. The van der Waals surface area contributed by atoms with Crippen LogP contribution in [0, 0.1) is 0 Å². The van der Waals surface area contributed by atoms with Gasteiger partial charge in [-0.1, -0.05) is 309 Å². The molecule has 0 fully saturated rings. The molecule has 0 aliphatic carbocycles. The summed E-state index contributed by atoms with van der Waals surface area (Å²) in [5.74, 6) is 0. The average Bonchev–Trinajstić information content (AvgIpc) is 1.56. The molecule has 30 rings (SSSR count). The van der Waals surface area contributed by atoms with Gasteiger partial charge < -0.3 is 40.7 Å². The number of hydrogen-bond acceptors (Lipinski definition) is 3. The van der Waals surface area contributed by atoms with Crippen LogP contribution in [0.5, 0.6) is 0 Å². The van der Waals surface area contributed by atoms with Crippen LogP contribution in [-0.2, 0) is 0 Å². The van der Waals surface area contributed by atoms with Crippen molar-refractivity contribution < 1.29 is 13.3 Å². The number of hydrogen-bond donors (Lipinski definition) is 0. The van der Waals surface area contributed by atoms with E-state index in [0.717, 1.165) is 111 Å². The van der Waals surface area contributed by atoms with E-state index in [0.29, 0.717) is 0 Å². The van der Waals surface area contributed by atoms with Crippen molar-refractivity contribution in [1.82, 2.24) is 27.4 Å². The molecule has 0 radical (unpaired) electrons. The van der Waals surface area contributed by atoms with Crippen LogP contribution in [0.3, 0.4) is 0 Å². The van der Waals surface area contributed by atoms with Crippen LogP contribution in [-0.4, -0.2) is 27.4 Å². The molecular weight excluding hydrogens is 1650 g/mol. The molecule has 0 unspecified atom stereocenters. The van der Waals surface area contributed by atoms with Crippen molar-refractivity contribution in [2.45, 2.75) is 0 Å². The van der Waals surface area contributed by atoms with Crippen molar-refractivity contribution in [3.63, 3.8) is 0 Å². The number of para-hydroxylation sites is 15. The first-order valence-electron chi connectivity index (χ1n) is 46.1. The maximum absolute atomic E-state index is 6.55. The molecule has 0 atom stereocenters. The molecule has 21 aromatic carbocycles. The number of benzene rings is 21. The van der Waals surface area contributed by atoms with E-state index in [2.05, 4.69) is 470 Å². The number of rotatable bonds is 9. The molecule has 0 aliphatic heterocycles. The molecule has 135 heavy (non-hydrogen) atoms. The monoisotopic (exact) mass is 1720 g/mol. The Bertz CT molecular complexity index is 9990. The SMILES string of the molecule is c1cc(-c2ccccc2-n2c3ccccc3c3c4oc5ccccc5c4ccc32)cc(-n2c3ccccc3c3ccccc32)c1.c1cc(-c2ccccc2-n2c3ccccc3c3cc4oc5ccccc5c4cc32)cc(-n2c3ccccc3c3ccccc32)c1.c1cc(-c2ccccc2-n2c3ccccc3c3ccccc32)cc(-n2c3ccccc3c3cc4oc5ccccc5c4cc32)c1. The summed E-state index contributed by atoms with van der Waals surface area (Å²) in [5, 5.41) is 21.6. The summed E-state index contributed by atoms with van der Waals surface area (Å²) >= 11 is 0. The van der Waals surface area contributed by atoms with E-state index in [1.807, 2.05) is 30.3 Å². The fourth-order valence-corrected chi connectivity index (χ4v) is 22.2. The Morgan fingerprint density at radius 2 is 0.393 bits per heavy atom. The molecule has 630 valence electrons. The zero-order valence-electron chi connectivity index (χ0n) is 72.9. The van der Waals surface area contributed by atoms with Gasteiger partial charge in [0.05, 0.1) is 88.6 Å². The van der Waals surface area contributed by atoms with Crippen molar-refractivity contribution in [1.29, 1.82) is 0 Å². The molecule has 0 saturated heterocycles. The highest BCUT2D eigenvalue weighted by Crippen LogP contribution is 2.48. The molecule has 9 aromatic heterocycles. The summed E-state index contributed by atoms with van der Waals surface area (Å²) in [7, 11) is 0. The van der Waals surface area contributed by atoms with Gasteiger partial charge in [0.15, 0.2) is 0 Å². The standard InChI is InChI=1S/3C42H26N2O/c1-6-19-36(44-38-21-8-2-15-30(38)31-16-3-9-22-39(31)44)29(14-1)27-12-11-13-28(24-27)43-37-20-7-4-17-32(37)34-26-42-35(25-40(34)43)33-18-5-10-23-41(33)45-42;1-6-19-35(44-38-22-9-4-18-34(38)41-39(44)25-24-33-32-17-5-10-23-40(32)45-42(33)41)29(14-1)27-12-11-13-28(26-27)43-36-20-7-2-15-30(36)31-16-3-8-21-37(31)43;1-6-19-36(44-39-22-9-4-17-32(39)34-26-42-35(25-40(34)44)33-18-5-10-23-41(33)45-42)29(14-1)27-12-11-13-28(24-27)43-37-20-7-2-15-30(37)31-16-3-8-21-38(31)43/h3*1-26H. The van der Waals surface area contributed by atoms with Gasteiger partial charge in [-0.2, -0.15) is 0 Å². The molecule has 0 amide bonds. The van der Waals surface area contributed by atoms with Crippen molar-refractivity contribution in [3.05, 3.63) is 473 Å². The lowest BCUT2D eigenvalue weighted by molar-refractivity contribution is 0.669. The van der Waals surface area contributed by atoms with Crippen LogP contribution in [0.4, 0.5) is 0 Å². The molecule has 0 spiro atoms. The Labute approximate surface area is 772 Å². The lowest BCUT2D eigenvalue weighted by Gasteiger charge is -2.15. The third-order valence-electron chi connectivity index (χ3n) is 27.9. The molecule has 9 heterocycles. The first-order valence-corrected chi connectivity index (χ1v) is 46.1. The second kappa shape index (κ2) is 30.2. The Kier molecular flexibility index (Phi) is 17.0. The highest BCUT2D eigenvalue weighted by atomic mass is 16.3. The number of fused-ring (bicyclic) bond motifs is 28. The summed E-state index contributed by atoms with van der Waals surface area (Å²) in [5.41, 5.74) is 33.7. The largest absolute Gasteiger partial charge is 0.456 e. The Morgan fingerprint density at radius 1 is 0.133 bits per heavy atom. The van der Waals surface area contributed by atoms with Gasteiger partial charge in [0, 0.05) is 125 Å². The fourth-order valence-electron chi connectivity index (χ4n) is 22.2. The van der Waals surface area contributed by atoms with E-state index in [-0.39, 0.29) is 0 Å². The molecule has 0 N–H and O–H groups in total. The topological polar surface area (TPSA) is 69.0 Å². The Hall–Kier alpha value is -18.2. The van der Waals surface area contributed by atoms with Crippen molar-refractivity contribution >= 4 is 197 Å². The number of furan rings is 3. The Morgan fingerprint density at radius 3 is 0.763 bits per heavy atom. The van der Waals surface area contributed by atoms with Crippen LogP contribution in [0.25, 0.3) is 264 Å². The van der Waals surface area contributed by atoms with Gasteiger partial charge in [0.25, 0.3) is 0 Å². The second-order valence-electron chi connectivity index (χ2n) is 35.2. The zero-order valence-corrected chi connectivity index (χ0v) is 72.9. The average molecular weight is 1720 g/mol. The maximum atomic E-state index is 6.55. The van der Waals surface area contributed by atoms with Gasteiger partial charge in [0.2, 0.25) is 0 Å². The third kappa shape index (κ3) is 11.7. The van der Waals surface area contributed by atoms with Gasteiger partial charge in [-0.3, -0.25) is 0 Å². The van der Waals surface area contributed by atoms with Gasteiger partial charge >= 0.3 is 0 Å². The molecule has 9 heteroatoms. The lowest BCUT2D eigenvalue weighted by atomic mass is 10.0. The van der Waals surface area contributed by atoms with Crippen molar-refractivity contribution in [3.8, 4) is 67.5 Å². The summed E-state index contributed by atoms with van der Waals surface area (Å²) in [6, 6.07) is 170. The molecule has 0 saturated carbocycles. The third-order valence-corrected chi connectivity index (χ3v) is 27.9. The van der Waals surface area contributed by atoms with Crippen LogP contribution in [0.2, 0.25) is 0 Å². The number of nitrogens with zero attached hydrogens (tertiary/aromatic N) is 6. The van der Waals surface area contributed by atoms with Crippen LogP contribution >= 0.6 is 0 Å². The fraction of sp³-hybridized carbons (Fsp3) is 0. The van der Waals surface area contributed by atoms with Gasteiger partial charge in [0.1, 0.15) is 33.5 Å². The van der Waals surface area contributed by atoms with Gasteiger partial charge in [-0.05, 0) is 180 Å². The minimum atomic E-state index is 0.915. The lowest BCUT2D eigenvalue weighted by Crippen LogP contribution is -1.98. The summed E-state index contributed by atoms with van der Waals surface area (Å²) in [4.78, 5) is 0. The van der Waals surface area contributed by atoms with E-state index in [9.17, 15) is 0 Å². The van der Waals surface area contributed by atoms with Crippen molar-refractivity contribution in [2.75, 3.05) is 0 Å². The van der Waals surface area contributed by atoms with Gasteiger partial charge in [-0.15, -0.1) is 0 Å². The second-order valence-corrected chi connectivity index (χ2v) is 35.2. The molecule has 30 aromatic rings. The predicted molar refractivity (Wildman–Crippen MR) is 564 cm³/mol. The molecule has 0 aliphatic rings. The molecule has 0 bridgehead atoms. The van der Waals surface area contributed by atoms with E-state index in [4.69, 9.17) is 13.3 Å². The maximum Gasteiger partial charge on any atom is 0.145 e. The zero-order chi connectivity index (χ0) is 88.5. The molecular formula is C126H78N6O3. The van der Waals surface area contributed by atoms with E-state index in [1.165, 1.54) is 153 Å². The first kappa shape index (κ1) is 75.8. The normalized spacial score (nSPS) is 12.0. The first-order chi connectivity index (χ1) is 67.0. The minimum absolute atomic E-state index is 0.915. The number of aromatic nitrogens is 6. The van der Waals surface area contributed by atoms with E-state index in [1.54, 1.807) is 0 Å². The van der Waals surface area contributed by atoms with Crippen LogP contribution < -0.4 is 0 Å². The predicted octanol–water partition coefficient (Wildman–Crippen LogP) is 34.3. The molecule has 9 nitrogen and oxygen atoms in total. The highest BCUT2D eigenvalue weighted by molar-refractivity contribution is 6.25. The van der Waals surface area contributed by atoms with Crippen molar-refractivity contribution in [2.24, 2.45) is 0 Å². The summed E-state index contributed by atoms with van der Waals surface area (Å²) < 4.78 is 33.6. The smallest absolute Gasteiger partial charge is 0.145 e. The minimum Gasteiger partial charge on any atom is -0.456 e. The van der Waals surface area contributed by atoms with Crippen LogP contribution in [0.15, 0.2) is 486 Å². The van der Waals surface area contributed by atoms with Gasteiger partial charge in [-0.25, -0.2) is 0 Å². The van der Waals surface area contributed by atoms with E-state index < -0.39 is 0 Å². The summed E-state index contributed by atoms with van der Waals surface area (Å²) in [6.07, 6.45) is 0. The highest BCUT2D eigenvalue weighted by Gasteiger charge is 2.26. The Balaban J connectivity index is 0.000000101. The van der Waals surface area contributed by atoms with E-state index >= 15 is 0 Å².